The molecule has 3 aromatic carbocycles. The van der Waals surface area contributed by atoms with Crippen LogP contribution in [0, 0.1) is 5.82 Å². The highest BCUT2D eigenvalue weighted by molar-refractivity contribution is 5.88. The van der Waals surface area contributed by atoms with Crippen molar-refractivity contribution in [3.63, 3.8) is 0 Å². The van der Waals surface area contributed by atoms with E-state index in [4.69, 9.17) is 0 Å². The number of benzene rings is 3. The number of carbonyl (C=O) groups excluding carboxylic acids is 2. The van der Waals surface area contributed by atoms with Gasteiger partial charge in [-0.15, -0.1) is 0 Å². The van der Waals surface area contributed by atoms with Crippen LogP contribution in [0.15, 0.2) is 84.9 Å². The Morgan fingerprint density at radius 1 is 0.844 bits per heavy atom. The monoisotopic (exact) mass is 432 g/mol. The van der Waals surface area contributed by atoms with E-state index in [9.17, 15) is 14.0 Å². The quantitative estimate of drug-likeness (QED) is 0.512. The van der Waals surface area contributed by atoms with Crippen molar-refractivity contribution >= 4 is 11.8 Å². The zero-order chi connectivity index (χ0) is 22.8. The lowest BCUT2D eigenvalue weighted by Gasteiger charge is -2.31. The van der Waals surface area contributed by atoms with Gasteiger partial charge in [0.05, 0.1) is 6.42 Å². The van der Waals surface area contributed by atoms with Crippen molar-refractivity contribution in [2.45, 2.75) is 38.8 Å². The van der Waals surface area contributed by atoms with Crippen molar-refractivity contribution in [1.29, 1.82) is 0 Å². The van der Waals surface area contributed by atoms with Crippen molar-refractivity contribution in [3.05, 3.63) is 107 Å². The lowest BCUT2D eigenvalue weighted by atomic mass is 10.0. The summed E-state index contributed by atoms with van der Waals surface area (Å²) >= 11 is 0. The number of carbonyl (C=O) groups is 2. The van der Waals surface area contributed by atoms with Crippen LogP contribution in [0.3, 0.4) is 0 Å². The van der Waals surface area contributed by atoms with Gasteiger partial charge in [0.1, 0.15) is 11.9 Å². The molecule has 3 aromatic rings. The molecule has 0 unspecified atom stereocenters. The highest BCUT2D eigenvalue weighted by Crippen LogP contribution is 2.17. The molecular formula is C27H29FN2O2. The minimum Gasteiger partial charge on any atom is -0.354 e. The topological polar surface area (TPSA) is 49.4 Å². The molecule has 0 saturated heterocycles. The summed E-state index contributed by atoms with van der Waals surface area (Å²) in [5, 5.41) is 2.96. The Balaban J connectivity index is 1.92. The molecule has 0 aliphatic heterocycles. The molecule has 0 radical (unpaired) electrons. The van der Waals surface area contributed by atoms with Gasteiger partial charge in [0.25, 0.3) is 0 Å². The molecule has 4 nitrogen and oxygen atoms in total. The Morgan fingerprint density at radius 3 is 2.03 bits per heavy atom. The second-order valence-electron chi connectivity index (χ2n) is 7.81. The van der Waals surface area contributed by atoms with E-state index in [-0.39, 0.29) is 24.1 Å². The molecule has 2 amide bonds. The van der Waals surface area contributed by atoms with Crippen molar-refractivity contribution < 1.29 is 14.0 Å². The number of rotatable bonds is 10. The molecule has 0 fully saturated rings. The van der Waals surface area contributed by atoms with Gasteiger partial charge in [0.2, 0.25) is 11.8 Å². The molecule has 1 N–H and O–H groups in total. The molecule has 32 heavy (non-hydrogen) atoms. The molecular weight excluding hydrogens is 403 g/mol. The SMILES string of the molecule is CCCNC(=O)[C@H](Cc1ccccc1)N(Cc1ccccc1)C(=O)Cc1ccc(F)cc1. The Bertz CT molecular complexity index is 991. The van der Waals surface area contributed by atoms with Gasteiger partial charge in [0.15, 0.2) is 0 Å². The van der Waals surface area contributed by atoms with Crippen LogP contribution in [-0.4, -0.2) is 29.3 Å². The van der Waals surface area contributed by atoms with Crippen LogP contribution in [0.2, 0.25) is 0 Å². The first-order chi connectivity index (χ1) is 15.6. The fourth-order valence-corrected chi connectivity index (χ4v) is 3.58. The molecule has 166 valence electrons. The van der Waals surface area contributed by atoms with Gasteiger partial charge in [-0.2, -0.15) is 0 Å². The summed E-state index contributed by atoms with van der Waals surface area (Å²) in [7, 11) is 0. The van der Waals surface area contributed by atoms with Crippen LogP contribution in [-0.2, 0) is 29.0 Å². The smallest absolute Gasteiger partial charge is 0.243 e. The third kappa shape index (κ3) is 6.77. The van der Waals surface area contributed by atoms with Gasteiger partial charge in [-0.25, -0.2) is 4.39 Å². The summed E-state index contributed by atoms with van der Waals surface area (Å²) in [5.74, 6) is -0.685. The summed E-state index contributed by atoms with van der Waals surface area (Å²) in [6.07, 6.45) is 1.32. The fraction of sp³-hybridized carbons (Fsp3) is 0.259. The first-order valence-corrected chi connectivity index (χ1v) is 11.0. The molecule has 0 spiro atoms. The first kappa shape index (κ1) is 23.2. The second kappa shape index (κ2) is 11.8. The number of nitrogens with zero attached hydrogens (tertiary/aromatic N) is 1. The van der Waals surface area contributed by atoms with Crippen LogP contribution in [0.25, 0.3) is 0 Å². The molecule has 0 bridgehead atoms. The third-order valence-corrected chi connectivity index (χ3v) is 5.28. The molecule has 0 aromatic heterocycles. The number of amides is 2. The minimum absolute atomic E-state index is 0.0967. The first-order valence-electron chi connectivity index (χ1n) is 11.0. The Labute approximate surface area is 189 Å². The van der Waals surface area contributed by atoms with E-state index in [0.717, 1.165) is 17.5 Å². The number of halogens is 1. The lowest BCUT2D eigenvalue weighted by molar-refractivity contribution is -0.140. The maximum absolute atomic E-state index is 13.5. The standard InChI is InChI=1S/C27H29FN2O2/c1-2-17-29-27(32)25(18-21-9-5-3-6-10-21)30(20-23-11-7-4-8-12-23)26(31)19-22-13-15-24(28)16-14-22/h3-16,25H,2,17-20H2,1H3,(H,29,32)/t25-/m0/s1. The summed E-state index contributed by atoms with van der Waals surface area (Å²) in [5.41, 5.74) is 2.64. The maximum Gasteiger partial charge on any atom is 0.243 e. The van der Waals surface area contributed by atoms with Gasteiger partial charge in [-0.05, 0) is 35.2 Å². The third-order valence-electron chi connectivity index (χ3n) is 5.28. The summed E-state index contributed by atoms with van der Waals surface area (Å²) in [6.45, 7) is 2.86. The summed E-state index contributed by atoms with van der Waals surface area (Å²) in [4.78, 5) is 28.3. The highest BCUT2D eigenvalue weighted by atomic mass is 19.1. The van der Waals surface area contributed by atoms with E-state index in [1.807, 2.05) is 67.6 Å². The Hall–Kier alpha value is -3.47. The van der Waals surface area contributed by atoms with E-state index >= 15 is 0 Å². The van der Waals surface area contributed by atoms with Gasteiger partial charge < -0.3 is 10.2 Å². The zero-order valence-electron chi connectivity index (χ0n) is 18.3. The fourth-order valence-electron chi connectivity index (χ4n) is 3.58. The normalized spacial score (nSPS) is 11.6. The molecule has 0 saturated carbocycles. The van der Waals surface area contributed by atoms with Gasteiger partial charge in [0, 0.05) is 19.5 Å². The molecule has 3 rings (SSSR count). The van der Waals surface area contributed by atoms with E-state index in [1.54, 1.807) is 17.0 Å². The second-order valence-corrected chi connectivity index (χ2v) is 7.81. The van der Waals surface area contributed by atoms with Crippen molar-refractivity contribution in [2.24, 2.45) is 0 Å². The van der Waals surface area contributed by atoms with E-state index in [0.29, 0.717) is 25.1 Å². The van der Waals surface area contributed by atoms with Crippen LogP contribution >= 0.6 is 0 Å². The summed E-state index contributed by atoms with van der Waals surface area (Å²) < 4.78 is 13.3. The number of nitrogens with one attached hydrogen (secondary N) is 1. The predicted octanol–water partition coefficient (Wildman–Crippen LogP) is 4.53. The van der Waals surface area contributed by atoms with Gasteiger partial charge in [-0.1, -0.05) is 79.7 Å². The van der Waals surface area contributed by atoms with Gasteiger partial charge >= 0.3 is 0 Å². The molecule has 0 aliphatic carbocycles. The maximum atomic E-state index is 13.5. The molecule has 0 heterocycles. The van der Waals surface area contributed by atoms with Crippen molar-refractivity contribution in [2.75, 3.05) is 6.54 Å². The average Bonchev–Trinajstić information content (AvgIpc) is 2.82. The number of hydrogen-bond donors (Lipinski definition) is 1. The van der Waals surface area contributed by atoms with Crippen LogP contribution < -0.4 is 5.32 Å². The van der Waals surface area contributed by atoms with E-state index in [1.165, 1.54) is 12.1 Å². The highest BCUT2D eigenvalue weighted by Gasteiger charge is 2.30. The van der Waals surface area contributed by atoms with Crippen LogP contribution in [0.5, 0.6) is 0 Å². The Kier molecular flexibility index (Phi) is 8.55. The number of hydrogen-bond acceptors (Lipinski definition) is 2. The lowest BCUT2D eigenvalue weighted by Crippen LogP contribution is -2.51. The van der Waals surface area contributed by atoms with Crippen LogP contribution in [0.1, 0.15) is 30.0 Å². The molecule has 0 aliphatic rings. The van der Waals surface area contributed by atoms with Gasteiger partial charge in [-0.3, -0.25) is 9.59 Å². The average molecular weight is 433 g/mol. The summed E-state index contributed by atoms with van der Waals surface area (Å²) in [6, 6.07) is 24.6. The largest absolute Gasteiger partial charge is 0.354 e. The van der Waals surface area contributed by atoms with Crippen LogP contribution in [0.4, 0.5) is 4.39 Å². The van der Waals surface area contributed by atoms with Crippen molar-refractivity contribution in [3.8, 4) is 0 Å². The Morgan fingerprint density at radius 2 is 1.44 bits per heavy atom. The predicted molar refractivity (Wildman–Crippen MR) is 124 cm³/mol. The van der Waals surface area contributed by atoms with E-state index in [2.05, 4.69) is 5.32 Å². The van der Waals surface area contributed by atoms with Crippen molar-refractivity contribution in [1.82, 2.24) is 10.2 Å². The molecule has 1 atom stereocenters. The minimum atomic E-state index is -0.655. The zero-order valence-corrected chi connectivity index (χ0v) is 18.3. The van der Waals surface area contributed by atoms with E-state index < -0.39 is 6.04 Å². The molecule has 5 heteroatoms.